The predicted octanol–water partition coefficient (Wildman–Crippen LogP) is 2.97. The number of aliphatic imine (C=N–C) groups is 1. The average Bonchev–Trinajstić information content (AvgIpc) is 3.77. The highest BCUT2D eigenvalue weighted by Crippen LogP contribution is 2.22. The molecule has 3 aromatic carbocycles. The number of piperidine rings is 1. The van der Waals surface area contributed by atoms with Crippen molar-refractivity contribution in [2.45, 2.75) is 88.9 Å². The number of nitrogens with one attached hydrogen (secondary N) is 3. The molecule has 18 nitrogen and oxygen atoms in total. The lowest BCUT2D eigenvalue weighted by Crippen LogP contribution is -2.61. The summed E-state index contributed by atoms with van der Waals surface area (Å²) in [6, 6.07) is 23.2. The van der Waals surface area contributed by atoms with Crippen LogP contribution in [0.15, 0.2) is 96.0 Å². The number of ether oxygens (including phenoxy) is 3. The molecule has 0 aromatic heterocycles. The first-order chi connectivity index (χ1) is 29.1. The van der Waals surface area contributed by atoms with Gasteiger partial charge in [0, 0.05) is 19.6 Å². The summed E-state index contributed by atoms with van der Waals surface area (Å²) in [5, 5.41) is 15.4. The molecule has 5 rings (SSSR count). The van der Waals surface area contributed by atoms with Gasteiger partial charge in [0.1, 0.15) is 37.4 Å². The Morgan fingerprint density at radius 2 is 1.27 bits per heavy atom. The number of carbonyl (C=O) groups is 5. The standard InChI is InChI=1S/C42H52N8O10/c43-41(47-50(56)57)44-23-12-20-33(40(54)59-27-31-16-6-2-7-17-31)45-37(51)35-21-10-11-24-48(35)39(53)34(29-58-26-30-14-4-1-5-15-30)46-38(52)36-22-13-25-49(36)42(55)60-28-32-18-8-3-9-19-32/h1-9,14-19,33-36H,10-13,20-29H2,(H,45,51)(H,46,52)(H3,43,44,47)/t33-,34-,35-,36-/m0/s1. The van der Waals surface area contributed by atoms with Crippen molar-refractivity contribution < 1.29 is 43.2 Å². The van der Waals surface area contributed by atoms with Crippen molar-refractivity contribution in [1.82, 2.24) is 25.9 Å². The molecule has 4 amide bonds. The van der Waals surface area contributed by atoms with Crippen LogP contribution in [0.4, 0.5) is 4.79 Å². The fourth-order valence-corrected chi connectivity index (χ4v) is 7.01. The van der Waals surface area contributed by atoms with Crippen molar-refractivity contribution in [1.29, 1.82) is 0 Å². The van der Waals surface area contributed by atoms with Gasteiger partial charge in [-0.15, -0.1) is 0 Å². The molecule has 0 aliphatic carbocycles. The van der Waals surface area contributed by atoms with Crippen LogP contribution in [-0.2, 0) is 53.2 Å². The Hall–Kier alpha value is -6.56. The number of rotatable bonds is 19. The Labute approximate surface area is 347 Å². The molecule has 2 saturated heterocycles. The van der Waals surface area contributed by atoms with Crippen molar-refractivity contribution in [3.8, 4) is 0 Å². The number of nitrogens with zero attached hydrogens (tertiary/aromatic N) is 4. The zero-order chi connectivity index (χ0) is 42.7. The van der Waals surface area contributed by atoms with E-state index >= 15 is 0 Å². The number of nitrogens with two attached hydrogens (primary N) is 1. The summed E-state index contributed by atoms with van der Waals surface area (Å²) in [5.74, 6) is -2.84. The molecule has 0 radical (unpaired) electrons. The number of likely N-dealkylation sites (tertiary alicyclic amines) is 2. The highest BCUT2D eigenvalue weighted by Gasteiger charge is 2.41. The van der Waals surface area contributed by atoms with E-state index < -0.39 is 64.9 Å². The molecule has 0 saturated carbocycles. The predicted molar refractivity (Wildman–Crippen MR) is 218 cm³/mol. The third-order valence-corrected chi connectivity index (χ3v) is 10.1. The van der Waals surface area contributed by atoms with Crippen LogP contribution in [0, 0.1) is 10.1 Å². The number of benzene rings is 3. The van der Waals surface area contributed by atoms with E-state index in [4.69, 9.17) is 19.9 Å². The number of hydrogen-bond acceptors (Lipinski definition) is 11. The third-order valence-electron chi connectivity index (χ3n) is 10.1. The van der Waals surface area contributed by atoms with Crippen LogP contribution in [0.25, 0.3) is 0 Å². The van der Waals surface area contributed by atoms with Crippen molar-refractivity contribution in [3.05, 3.63) is 118 Å². The van der Waals surface area contributed by atoms with E-state index in [1.54, 1.807) is 29.7 Å². The van der Waals surface area contributed by atoms with Gasteiger partial charge in [0.05, 0.1) is 13.2 Å². The largest absolute Gasteiger partial charge is 0.459 e. The lowest BCUT2D eigenvalue weighted by Gasteiger charge is -2.37. The lowest BCUT2D eigenvalue weighted by atomic mass is 9.99. The van der Waals surface area contributed by atoms with Gasteiger partial charge in [-0.2, -0.15) is 0 Å². The van der Waals surface area contributed by atoms with Gasteiger partial charge >= 0.3 is 12.1 Å². The quantitative estimate of drug-likeness (QED) is 0.0341. The summed E-state index contributed by atoms with van der Waals surface area (Å²) >= 11 is 0. The Bertz CT molecular complexity index is 1920. The molecule has 0 spiro atoms. The van der Waals surface area contributed by atoms with Gasteiger partial charge in [0.25, 0.3) is 5.96 Å². The number of hydrazine groups is 1. The van der Waals surface area contributed by atoms with Gasteiger partial charge in [-0.1, -0.05) is 96.4 Å². The normalized spacial score (nSPS) is 17.5. The Kier molecular flexibility index (Phi) is 17.2. The number of hydrogen-bond donors (Lipinski definition) is 4. The second kappa shape index (κ2) is 23.1. The second-order valence-electron chi connectivity index (χ2n) is 14.4. The van der Waals surface area contributed by atoms with Crippen LogP contribution in [0.3, 0.4) is 0 Å². The fraction of sp³-hybridized carbons (Fsp3) is 0.429. The maximum absolute atomic E-state index is 14.5. The molecule has 5 N–H and O–H groups in total. The molecule has 2 aliphatic heterocycles. The Balaban J connectivity index is 1.29. The van der Waals surface area contributed by atoms with Gasteiger partial charge in [0.2, 0.25) is 17.7 Å². The Morgan fingerprint density at radius 1 is 0.733 bits per heavy atom. The van der Waals surface area contributed by atoms with Crippen LogP contribution in [0.1, 0.15) is 61.6 Å². The number of guanidine groups is 1. The van der Waals surface area contributed by atoms with Crippen molar-refractivity contribution >= 4 is 35.7 Å². The van der Waals surface area contributed by atoms with Crippen LogP contribution in [0.2, 0.25) is 0 Å². The zero-order valence-corrected chi connectivity index (χ0v) is 33.3. The monoisotopic (exact) mass is 828 g/mol. The van der Waals surface area contributed by atoms with E-state index in [0.29, 0.717) is 32.2 Å². The molecule has 2 fully saturated rings. The molecule has 320 valence electrons. The number of amides is 4. The Morgan fingerprint density at radius 3 is 1.88 bits per heavy atom. The minimum Gasteiger partial charge on any atom is -0.459 e. The highest BCUT2D eigenvalue weighted by atomic mass is 16.7. The first kappa shape index (κ1) is 44.5. The molecule has 0 bridgehead atoms. The molecule has 18 heteroatoms. The zero-order valence-electron chi connectivity index (χ0n) is 33.3. The van der Waals surface area contributed by atoms with Crippen molar-refractivity contribution in [3.63, 3.8) is 0 Å². The summed E-state index contributed by atoms with van der Waals surface area (Å²) in [7, 11) is 0. The summed E-state index contributed by atoms with van der Waals surface area (Å²) < 4.78 is 17.1. The maximum atomic E-state index is 14.5. The molecule has 2 aliphatic rings. The molecular formula is C42H52N8O10. The van der Waals surface area contributed by atoms with Crippen LogP contribution < -0.4 is 21.8 Å². The fourth-order valence-electron chi connectivity index (χ4n) is 7.01. The lowest BCUT2D eigenvalue weighted by molar-refractivity contribution is -0.525. The van der Waals surface area contributed by atoms with Gasteiger partial charge < -0.3 is 35.5 Å². The van der Waals surface area contributed by atoms with Crippen LogP contribution in [-0.4, -0.2) is 101 Å². The SMILES string of the molecule is NC(=NCCC[C@H](NC(=O)[C@@H]1CCCCN1C(=O)[C@H](COCc1ccccc1)NC(=O)[C@@H]1CCCN1C(=O)OCc1ccccc1)C(=O)OCc1ccccc1)N[N+](=O)[O-]. The summed E-state index contributed by atoms with van der Waals surface area (Å²) in [5.41, 5.74) is 9.66. The second-order valence-corrected chi connectivity index (χ2v) is 14.4. The summed E-state index contributed by atoms with van der Waals surface area (Å²) in [6.45, 7) is 0.414. The maximum Gasteiger partial charge on any atom is 0.410 e. The number of nitro groups is 1. The third kappa shape index (κ3) is 13.8. The van der Waals surface area contributed by atoms with E-state index in [0.717, 1.165) is 16.7 Å². The van der Waals surface area contributed by atoms with Gasteiger partial charge in [-0.3, -0.25) is 19.3 Å². The van der Waals surface area contributed by atoms with E-state index in [1.165, 1.54) is 9.80 Å². The summed E-state index contributed by atoms with van der Waals surface area (Å²) in [4.78, 5) is 86.4. The van der Waals surface area contributed by atoms with E-state index in [1.807, 2.05) is 66.7 Å². The first-order valence-corrected chi connectivity index (χ1v) is 20.0. The number of esters is 1. The van der Waals surface area contributed by atoms with Gasteiger partial charge in [-0.05, 0) is 61.6 Å². The molecular weight excluding hydrogens is 777 g/mol. The van der Waals surface area contributed by atoms with Crippen LogP contribution >= 0.6 is 0 Å². The molecule has 60 heavy (non-hydrogen) atoms. The smallest absolute Gasteiger partial charge is 0.410 e. The van der Waals surface area contributed by atoms with E-state index in [9.17, 15) is 34.1 Å². The van der Waals surface area contributed by atoms with Crippen LogP contribution in [0.5, 0.6) is 0 Å². The molecule has 4 atom stereocenters. The average molecular weight is 829 g/mol. The first-order valence-electron chi connectivity index (χ1n) is 20.0. The van der Waals surface area contributed by atoms with E-state index in [2.05, 4.69) is 15.6 Å². The summed E-state index contributed by atoms with van der Waals surface area (Å²) in [6.07, 6.45) is 2.01. The minimum absolute atomic E-state index is 0.00653. The molecule has 2 heterocycles. The molecule has 0 unspecified atom stereocenters. The highest BCUT2D eigenvalue weighted by molar-refractivity contribution is 5.95. The van der Waals surface area contributed by atoms with Gasteiger partial charge in [-0.25, -0.2) is 24.7 Å². The van der Waals surface area contributed by atoms with Crippen molar-refractivity contribution in [2.24, 2.45) is 10.7 Å². The topological polar surface area (TPSA) is 237 Å². The number of carbonyl (C=O) groups excluding carboxylic acids is 5. The minimum atomic E-state index is -1.22. The van der Waals surface area contributed by atoms with E-state index in [-0.39, 0.29) is 58.8 Å². The molecule has 3 aromatic rings. The van der Waals surface area contributed by atoms with Gasteiger partial charge in [0.15, 0.2) is 5.03 Å². The van der Waals surface area contributed by atoms with Crippen molar-refractivity contribution in [2.75, 3.05) is 26.2 Å².